The molecule has 6 nitrogen and oxygen atoms in total. The van der Waals surface area contributed by atoms with Gasteiger partial charge >= 0.3 is 4.87 Å². The van der Waals surface area contributed by atoms with Crippen molar-refractivity contribution in [2.24, 2.45) is 4.99 Å². The zero-order valence-corrected chi connectivity index (χ0v) is 15.1. The summed E-state index contributed by atoms with van der Waals surface area (Å²) < 4.78 is 0.946. The lowest BCUT2D eigenvalue weighted by Crippen LogP contribution is -2.22. The van der Waals surface area contributed by atoms with E-state index in [1.54, 1.807) is 0 Å². The second-order valence-corrected chi connectivity index (χ2v) is 7.14. The Balaban J connectivity index is 1.71. The number of aromatic amines is 2. The predicted octanol–water partition coefficient (Wildman–Crippen LogP) is 3.67. The largest absolute Gasteiger partial charge is 0.352 e. The molecule has 1 aliphatic heterocycles. The van der Waals surface area contributed by atoms with Gasteiger partial charge in [0.2, 0.25) is 0 Å². The molecule has 7 heteroatoms. The molecule has 0 fully saturated rings. The maximum Gasteiger partial charge on any atom is 0.305 e. The first-order valence-corrected chi connectivity index (χ1v) is 9.43. The molecule has 0 spiro atoms. The van der Waals surface area contributed by atoms with Gasteiger partial charge in [-0.1, -0.05) is 31.6 Å². The van der Waals surface area contributed by atoms with Gasteiger partial charge in [-0.25, -0.2) is 4.99 Å². The molecule has 0 unspecified atom stereocenters. The summed E-state index contributed by atoms with van der Waals surface area (Å²) in [5.74, 6) is 1.93. The van der Waals surface area contributed by atoms with Gasteiger partial charge in [0.25, 0.3) is 0 Å². The van der Waals surface area contributed by atoms with E-state index in [0.29, 0.717) is 6.67 Å². The number of thiazole rings is 1. The quantitative estimate of drug-likeness (QED) is 0.576. The number of aliphatic imine (C=N–C) groups is 1. The maximum atomic E-state index is 11.5. The summed E-state index contributed by atoms with van der Waals surface area (Å²) in [6.07, 6.45) is 3.10. The average Bonchev–Trinajstić information content (AvgIpc) is 3.14. The van der Waals surface area contributed by atoms with Crippen molar-refractivity contribution in [1.29, 1.82) is 0 Å². The fourth-order valence-corrected chi connectivity index (χ4v) is 4.15. The Morgan fingerprint density at radius 3 is 2.96 bits per heavy atom. The summed E-state index contributed by atoms with van der Waals surface area (Å²) in [6, 6.07) is 5.90. The van der Waals surface area contributed by atoms with Gasteiger partial charge in [0.15, 0.2) is 0 Å². The molecule has 1 aliphatic rings. The molecule has 0 atom stereocenters. The molecular formula is C18H21N5OS. The highest BCUT2D eigenvalue weighted by atomic mass is 32.1. The minimum atomic E-state index is -0.0308. The number of hydrogen-bond donors (Lipinski definition) is 4. The van der Waals surface area contributed by atoms with Gasteiger partial charge in [-0.2, -0.15) is 0 Å². The number of hydrogen-bond acceptors (Lipinski definition) is 5. The van der Waals surface area contributed by atoms with Crippen LogP contribution < -0.4 is 15.5 Å². The minimum Gasteiger partial charge on any atom is -0.352 e. The number of nitrogens with zero attached hydrogens (tertiary/aromatic N) is 1. The number of aryl methyl sites for hydroxylation is 1. The number of rotatable bonds is 4. The fraction of sp³-hybridized carbons (Fsp3) is 0.333. The lowest BCUT2D eigenvalue weighted by Gasteiger charge is -2.18. The first kappa shape index (κ1) is 16.0. The highest BCUT2D eigenvalue weighted by Crippen LogP contribution is 2.29. The van der Waals surface area contributed by atoms with Crippen LogP contribution in [0.4, 0.5) is 11.5 Å². The van der Waals surface area contributed by atoms with E-state index in [-0.39, 0.29) is 4.87 Å². The molecule has 0 aliphatic carbocycles. The van der Waals surface area contributed by atoms with E-state index < -0.39 is 0 Å². The van der Waals surface area contributed by atoms with E-state index in [4.69, 9.17) is 0 Å². The zero-order valence-electron chi connectivity index (χ0n) is 14.3. The van der Waals surface area contributed by atoms with Gasteiger partial charge in [0.05, 0.1) is 15.8 Å². The van der Waals surface area contributed by atoms with Gasteiger partial charge in [-0.05, 0) is 36.6 Å². The molecule has 4 N–H and O–H groups in total. The van der Waals surface area contributed by atoms with Crippen molar-refractivity contribution >= 4 is 38.9 Å². The van der Waals surface area contributed by atoms with Gasteiger partial charge in [0, 0.05) is 11.4 Å². The molecule has 0 radical (unpaired) electrons. The molecule has 0 bridgehead atoms. The molecule has 0 saturated carbocycles. The van der Waals surface area contributed by atoms with Gasteiger partial charge in [-0.3, -0.25) is 4.79 Å². The van der Waals surface area contributed by atoms with Crippen LogP contribution in [0.1, 0.15) is 37.1 Å². The minimum absolute atomic E-state index is 0.0308. The summed E-state index contributed by atoms with van der Waals surface area (Å²) in [7, 11) is 0. The Labute approximate surface area is 149 Å². The van der Waals surface area contributed by atoms with Gasteiger partial charge in [0.1, 0.15) is 18.3 Å². The van der Waals surface area contributed by atoms with Crippen LogP contribution in [-0.4, -0.2) is 22.5 Å². The van der Waals surface area contributed by atoms with E-state index in [1.807, 2.05) is 18.2 Å². The van der Waals surface area contributed by atoms with E-state index >= 15 is 0 Å². The number of benzene rings is 1. The third kappa shape index (κ3) is 2.84. The number of H-pyrrole nitrogens is 2. The first-order chi connectivity index (χ1) is 12.2. The molecule has 3 aromatic rings. The van der Waals surface area contributed by atoms with E-state index in [1.165, 1.54) is 22.6 Å². The maximum absolute atomic E-state index is 11.5. The van der Waals surface area contributed by atoms with Crippen LogP contribution in [-0.2, 0) is 12.8 Å². The van der Waals surface area contributed by atoms with Crippen molar-refractivity contribution in [2.45, 2.75) is 33.1 Å². The highest BCUT2D eigenvalue weighted by molar-refractivity contribution is 7.16. The summed E-state index contributed by atoms with van der Waals surface area (Å²) in [5.41, 5.74) is 5.56. The number of amidine groups is 1. The Hall–Kier alpha value is -2.54. The highest BCUT2D eigenvalue weighted by Gasteiger charge is 2.23. The Morgan fingerprint density at radius 1 is 1.28 bits per heavy atom. The molecule has 0 saturated heterocycles. The van der Waals surface area contributed by atoms with Crippen molar-refractivity contribution in [1.82, 2.24) is 9.97 Å². The van der Waals surface area contributed by atoms with Crippen LogP contribution in [0.15, 0.2) is 28.0 Å². The third-order valence-corrected chi connectivity index (χ3v) is 5.30. The lowest BCUT2D eigenvalue weighted by molar-refractivity contribution is 0.873. The van der Waals surface area contributed by atoms with Crippen molar-refractivity contribution in [3.05, 3.63) is 44.7 Å². The Bertz CT molecular complexity index is 1010. The number of aromatic nitrogens is 2. The number of nitrogens with one attached hydrogen (secondary N) is 4. The average molecular weight is 355 g/mol. The molecule has 2 aromatic heterocycles. The molecule has 25 heavy (non-hydrogen) atoms. The molecule has 3 heterocycles. The standard InChI is InChI=1S/C18H21N5OS/c1-3-5-12-11(4-2)15-16(19-9-20-17(15)22-12)21-10-6-7-13-14(8-10)25-18(24)23-13/h6-8,20,22H,3-5,9H2,1-2H3,(H,19,21)(H,23,24). The summed E-state index contributed by atoms with van der Waals surface area (Å²) in [6.45, 7) is 4.92. The predicted molar refractivity (Wildman–Crippen MR) is 105 cm³/mol. The van der Waals surface area contributed by atoms with Crippen LogP contribution in [0.25, 0.3) is 10.2 Å². The van der Waals surface area contributed by atoms with Gasteiger partial charge in [-0.15, -0.1) is 0 Å². The van der Waals surface area contributed by atoms with Crippen molar-refractivity contribution in [3.8, 4) is 0 Å². The lowest BCUT2D eigenvalue weighted by atomic mass is 10.0. The second-order valence-electron chi connectivity index (χ2n) is 6.13. The summed E-state index contributed by atoms with van der Waals surface area (Å²) >= 11 is 1.22. The van der Waals surface area contributed by atoms with Crippen molar-refractivity contribution in [2.75, 3.05) is 17.3 Å². The normalized spacial score (nSPS) is 13.4. The monoisotopic (exact) mass is 355 g/mol. The topological polar surface area (TPSA) is 85.1 Å². The van der Waals surface area contributed by atoms with Crippen LogP contribution in [0.5, 0.6) is 0 Å². The summed E-state index contributed by atoms with van der Waals surface area (Å²) in [5, 5.41) is 6.79. The number of anilines is 2. The van der Waals surface area contributed by atoms with E-state index in [2.05, 4.69) is 39.4 Å². The molecule has 0 amide bonds. The van der Waals surface area contributed by atoms with E-state index in [9.17, 15) is 4.79 Å². The van der Waals surface area contributed by atoms with Crippen LogP contribution in [0, 0.1) is 0 Å². The van der Waals surface area contributed by atoms with Gasteiger partial charge < -0.3 is 20.6 Å². The van der Waals surface area contributed by atoms with Crippen LogP contribution in [0.2, 0.25) is 0 Å². The Morgan fingerprint density at radius 2 is 2.16 bits per heavy atom. The Kier molecular flexibility index (Phi) is 4.09. The van der Waals surface area contributed by atoms with Crippen LogP contribution in [0.3, 0.4) is 0 Å². The zero-order chi connectivity index (χ0) is 17.4. The molecule has 1 aromatic carbocycles. The second kappa shape index (κ2) is 6.40. The SMILES string of the molecule is CCCc1[nH]c2c(c1CC)C(Nc1ccc3[nH]c(=O)sc3c1)=NCN2. The third-order valence-electron chi connectivity index (χ3n) is 4.46. The first-order valence-electron chi connectivity index (χ1n) is 8.62. The van der Waals surface area contributed by atoms with E-state index in [0.717, 1.165) is 52.4 Å². The molecule has 4 rings (SSSR count). The van der Waals surface area contributed by atoms with Crippen molar-refractivity contribution in [3.63, 3.8) is 0 Å². The summed E-state index contributed by atoms with van der Waals surface area (Å²) in [4.78, 5) is 22.5. The number of fused-ring (bicyclic) bond motifs is 2. The smallest absolute Gasteiger partial charge is 0.305 e. The van der Waals surface area contributed by atoms with Crippen LogP contribution >= 0.6 is 11.3 Å². The van der Waals surface area contributed by atoms with Crippen molar-refractivity contribution < 1.29 is 0 Å². The fourth-order valence-electron chi connectivity index (χ4n) is 3.38. The molecular weight excluding hydrogens is 334 g/mol. The molecule has 130 valence electrons.